The molecule has 0 saturated carbocycles. The Kier molecular flexibility index (Phi) is 6.68. The van der Waals surface area contributed by atoms with Gasteiger partial charge in [0.1, 0.15) is 0 Å². The van der Waals surface area contributed by atoms with Crippen molar-refractivity contribution in [1.29, 1.82) is 0 Å². The average molecular weight is 461 g/mol. The third-order valence-corrected chi connectivity index (χ3v) is 5.73. The van der Waals surface area contributed by atoms with Crippen molar-refractivity contribution in [2.24, 2.45) is 0 Å². The molecular weight excluding hydrogens is 438 g/mol. The maximum Gasteiger partial charge on any atom is 0.307 e. The largest absolute Gasteiger partial charge is 0.493 e. The number of fused-ring (bicyclic) bond motifs is 1. The van der Waals surface area contributed by atoms with E-state index >= 15 is 0 Å². The number of carbonyl (C=O) groups excluding carboxylic acids is 2. The molecule has 1 unspecified atom stereocenters. The van der Waals surface area contributed by atoms with Gasteiger partial charge in [-0.15, -0.1) is 0 Å². The molecule has 0 spiro atoms. The molecule has 0 radical (unpaired) electrons. The molecule has 2 heterocycles. The third-order valence-electron chi connectivity index (χ3n) is 4.78. The van der Waals surface area contributed by atoms with Crippen molar-refractivity contribution in [3.05, 3.63) is 53.9 Å². The van der Waals surface area contributed by atoms with Gasteiger partial charge < -0.3 is 19.5 Å². The van der Waals surface area contributed by atoms with Crippen LogP contribution >= 0.6 is 0 Å². The van der Waals surface area contributed by atoms with Crippen LogP contribution in [0.2, 0.25) is 0 Å². The topological polar surface area (TPSA) is 125 Å². The summed E-state index contributed by atoms with van der Waals surface area (Å²) in [5.74, 6) is -0.290. The van der Waals surface area contributed by atoms with Gasteiger partial charge in [-0.05, 0) is 29.8 Å². The highest BCUT2D eigenvalue weighted by Crippen LogP contribution is 2.31. The molecule has 0 bridgehead atoms. The summed E-state index contributed by atoms with van der Waals surface area (Å²) >= 11 is 0. The highest BCUT2D eigenvalue weighted by atomic mass is 32.2. The summed E-state index contributed by atoms with van der Waals surface area (Å²) < 4.78 is 40.9. The Labute approximate surface area is 185 Å². The van der Waals surface area contributed by atoms with Gasteiger partial charge in [0, 0.05) is 12.5 Å². The number of methoxy groups -OCH3 is 3. The number of carbonyl (C=O) groups is 2. The van der Waals surface area contributed by atoms with E-state index in [1.807, 2.05) is 0 Å². The van der Waals surface area contributed by atoms with Crippen LogP contribution in [0.25, 0.3) is 5.52 Å². The molecule has 0 aliphatic heterocycles. The highest BCUT2D eigenvalue weighted by Gasteiger charge is 2.26. The number of nitrogens with one attached hydrogen (secondary N) is 1. The predicted molar refractivity (Wildman–Crippen MR) is 115 cm³/mol. The molecule has 0 aliphatic carbocycles. The van der Waals surface area contributed by atoms with Crippen LogP contribution in [0, 0.1) is 0 Å². The number of rotatable bonds is 8. The second-order valence-electron chi connectivity index (χ2n) is 6.89. The number of hydrogen-bond acceptors (Lipinski definition) is 8. The van der Waals surface area contributed by atoms with E-state index in [9.17, 15) is 18.0 Å². The fraction of sp³-hybridized carbons (Fsp3) is 0.286. The van der Waals surface area contributed by atoms with Crippen molar-refractivity contribution >= 4 is 27.2 Å². The maximum atomic E-state index is 13.1. The molecular formula is C21H23N3O7S. The van der Waals surface area contributed by atoms with Crippen LogP contribution in [0.15, 0.2) is 47.8 Å². The summed E-state index contributed by atoms with van der Waals surface area (Å²) in [5, 5.41) is 2.50. The number of benzene rings is 1. The van der Waals surface area contributed by atoms with Gasteiger partial charge >= 0.3 is 5.97 Å². The van der Waals surface area contributed by atoms with Gasteiger partial charge in [-0.2, -0.15) is 0 Å². The van der Waals surface area contributed by atoms with Gasteiger partial charge in [0.15, 0.2) is 17.2 Å². The number of aromatic nitrogens is 2. The number of pyridine rings is 1. The zero-order valence-corrected chi connectivity index (χ0v) is 18.8. The van der Waals surface area contributed by atoms with Crippen molar-refractivity contribution in [3.63, 3.8) is 0 Å². The molecule has 0 saturated heterocycles. The molecule has 170 valence electrons. The molecule has 10 nitrogen and oxygen atoms in total. The van der Waals surface area contributed by atoms with Gasteiger partial charge in [0.05, 0.1) is 39.3 Å². The smallest absolute Gasteiger partial charge is 0.307 e. The van der Waals surface area contributed by atoms with Crippen LogP contribution < -0.4 is 14.8 Å². The lowest BCUT2D eigenvalue weighted by Crippen LogP contribution is -2.31. The monoisotopic (exact) mass is 461 g/mol. The molecule has 32 heavy (non-hydrogen) atoms. The summed E-state index contributed by atoms with van der Waals surface area (Å²) in [6.07, 6.45) is 2.36. The Morgan fingerprint density at radius 3 is 2.44 bits per heavy atom. The Morgan fingerprint density at radius 2 is 1.81 bits per heavy atom. The second kappa shape index (κ2) is 9.27. The van der Waals surface area contributed by atoms with Crippen LogP contribution in [-0.2, 0) is 19.4 Å². The lowest BCUT2D eigenvalue weighted by molar-refractivity contribution is -0.141. The minimum absolute atomic E-state index is 0.0821. The molecule has 1 amide bonds. The Bertz CT molecular complexity index is 1270. The molecule has 3 rings (SSSR count). The van der Waals surface area contributed by atoms with Gasteiger partial charge in [-0.25, -0.2) is 13.4 Å². The zero-order valence-electron chi connectivity index (χ0n) is 18.0. The fourth-order valence-electron chi connectivity index (χ4n) is 3.24. The van der Waals surface area contributed by atoms with E-state index in [0.29, 0.717) is 22.6 Å². The molecule has 1 atom stereocenters. The van der Waals surface area contributed by atoms with E-state index in [4.69, 9.17) is 14.2 Å². The first kappa shape index (κ1) is 23.1. The van der Waals surface area contributed by atoms with Crippen LogP contribution in [0.4, 0.5) is 0 Å². The maximum absolute atomic E-state index is 13.1. The molecule has 1 aromatic carbocycles. The first-order valence-corrected chi connectivity index (χ1v) is 11.4. The van der Waals surface area contributed by atoms with Crippen molar-refractivity contribution in [1.82, 2.24) is 14.7 Å². The predicted octanol–water partition coefficient (Wildman–Crippen LogP) is 1.79. The third kappa shape index (κ3) is 4.67. The zero-order chi connectivity index (χ0) is 23.5. The number of nitrogens with zero attached hydrogens (tertiary/aromatic N) is 2. The fourth-order valence-corrected chi connectivity index (χ4v) is 4.01. The summed E-state index contributed by atoms with van der Waals surface area (Å²) in [5.41, 5.74) is 0.796. The Morgan fingerprint density at radius 1 is 1.09 bits per heavy atom. The van der Waals surface area contributed by atoms with Crippen LogP contribution in [0.3, 0.4) is 0 Å². The van der Waals surface area contributed by atoms with E-state index < -0.39 is 27.8 Å². The minimum Gasteiger partial charge on any atom is -0.493 e. The molecule has 1 N–H and O–H groups in total. The lowest BCUT2D eigenvalue weighted by Gasteiger charge is -2.19. The van der Waals surface area contributed by atoms with Crippen molar-refractivity contribution in [2.75, 3.05) is 27.6 Å². The normalized spacial score (nSPS) is 12.2. The van der Waals surface area contributed by atoms with Crippen molar-refractivity contribution < 1.29 is 32.2 Å². The van der Waals surface area contributed by atoms with Gasteiger partial charge in [-0.1, -0.05) is 12.1 Å². The quantitative estimate of drug-likeness (QED) is 0.503. The molecule has 0 aliphatic rings. The first-order chi connectivity index (χ1) is 15.2. The Balaban J connectivity index is 2.02. The Hall–Kier alpha value is -3.60. The highest BCUT2D eigenvalue weighted by molar-refractivity contribution is 7.90. The minimum atomic E-state index is -3.70. The van der Waals surface area contributed by atoms with E-state index in [0.717, 1.165) is 6.26 Å². The van der Waals surface area contributed by atoms with E-state index in [1.165, 1.54) is 31.9 Å². The number of amides is 1. The van der Waals surface area contributed by atoms with E-state index in [1.54, 1.807) is 36.4 Å². The van der Waals surface area contributed by atoms with Gasteiger partial charge in [0.2, 0.25) is 15.0 Å². The first-order valence-electron chi connectivity index (χ1n) is 9.46. The summed E-state index contributed by atoms with van der Waals surface area (Å²) in [6.45, 7) is 0. The summed E-state index contributed by atoms with van der Waals surface area (Å²) in [7, 11) is 0.518. The number of ether oxygens (including phenoxy) is 3. The van der Waals surface area contributed by atoms with Gasteiger partial charge in [-0.3, -0.25) is 14.0 Å². The average Bonchev–Trinajstić information content (AvgIpc) is 3.18. The molecule has 0 fully saturated rings. The molecule has 3 aromatic rings. The van der Waals surface area contributed by atoms with E-state index in [-0.39, 0.29) is 17.3 Å². The van der Waals surface area contributed by atoms with Crippen LogP contribution in [-0.4, -0.2) is 57.3 Å². The van der Waals surface area contributed by atoms with Crippen LogP contribution in [0.1, 0.15) is 28.5 Å². The SMILES string of the molecule is COC(=O)CC(NC(=O)c1nc(S(C)(=O)=O)n2ccccc12)c1ccc(OC)c(OC)c1. The van der Waals surface area contributed by atoms with Crippen molar-refractivity contribution in [3.8, 4) is 11.5 Å². The number of sulfone groups is 1. The molecule has 2 aromatic heterocycles. The standard InChI is InChI=1S/C21H23N3O7S/c1-29-16-9-8-13(11-17(16)30-2)14(12-18(25)31-3)22-20(26)19-15-7-5-6-10-24(15)21(23-19)32(4,27)28/h5-11,14H,12H2,1-4H3,(H,22,26). The van der Waals surface area contributed by atoms with Gasteiger partial charge in [0.25, 0.3) is 5.91 Å². The summed E-state index contributed by atoms with van der Waals surface area (Å²) in [6, 6.07) is 9.06. The lowest BCUT2D eigenvalue weighted by atomic mass is 10.0. The summed E-state index contributed by atoms with van der Waals surface area (Å²) in [4.78, 5) is 29.2. The second-order valence-corrected chi connectivity index (χ2v) is 8.80. The van der Waals surface area contributed by atoms with Crippen LogP contribution in [0.5, 0.6) is 11.5 Å². The number of imidazole rings is 1. The van der Waals surface area contributed by atoms with E-state index in [2.05, 4.69) is 10.3 Å². The number of hydrogen-bond donors (Lipinski definition) is 1. The number of esters is 1. The van der Waals surface area contributed by atoms with Crippen molar-refractivity contribution in [2.45, 2.75) is 17.6 Å². The molecule has 11 heteroatoms.